The van der Waals surface area contributed by atoms with Crippen molar-refractivity contribution in [2.45, 2.75) is 19.0 Å². The fraction of sp³-hybridized carbons (Fsp3) is 0.353. The molecule has 25 heavy (non-hydrogen) atoms. The third kappa shape index (κ3) is 6.15. The Bertz CT molecular complexity index is 704. The Morgan fingerprint density at radius 1 is 1.24 bits per heavy atom. The number of hydrogen-bond donors (Lipinski definition) is 3. The molecular weight excluding hydrogens is 336 g/mol. The molecule has 0 aliphatic carbocycles. The van der Waals surface area contributed by atoms with Gasteiger partial charge in [-0.25, -0.2) is 9.97 Å². The van der Waals surface area contributed by atoms with Gasteiger partial charge in [0, 0.05) is 31.4 Å². The summed E-state index contributed by atoms with van der Waals surface area (Å²) >= 11 is 1.21. The van der Waals surface area contributed by atoms with E-state index in [1.807, 2.05) is 6.07 Å². The van der Waals surface area contributed by atoms with Gasteiger partial charge in [-0.3, -0.25) is 4.79 Å². The van der Waals surface area contributed by atoms with E-state index in [2.05, 4.69) is 52.2 Å². The number of aromatic nitrogens is 2. The molecule has 2 rings (SSSR count). The van der Waals surface area contributed by atoms with Gasteiger partial charge in [0.1, 0.15) is 11.6 Å². The number of carbonyl (C=O) groups is 1. The number of nitrogen functional groups attached to an aromatic ring is 2. The van der Waals surface area contributed by atoms with E-state index in [0.29, 0.717) is 23.3 Å². The summed E-state index contributed by atoms with van der Waals surface area (Å²) in [5, 5.41) is 3.32. The van der Waals surface area contributed by atoms with E-state index in [9.17, 15) is 4.79 Å². The quantitative estimate of drug-likeness (QED) is 0.485. The molecule has 0 saturated carbocycles. The standard InChI is InChI=1S/C17H24N6OS/c1-3-23(13-6-4-5-12(2)9-13)8-7-20-16(24)11-25-17-21-14(18)10-15(19)22-17/h4-6,9-10H,3,7-8,11H2,1-2H3,(H,20,24)(H4,18,19,21,22). The number of nitrogens with zero attached hydrogens (tertiary/aromatic N) is 3. The Hall–Kier alpha value is -2.48. The minimum Gasteiger partial charge on any atom is -0.383 e. The van der Waals surface area contributed by atoms with Crippen molar-refractivity contribution in [3.05, 3.63) is 35.9 Å². The second-order valence-corrected chi connectivity index (χ2v) is 6.50. The van der Waals surface area contributed by atoms with Gasteiger partial charge in [-0.1, -0.05) is 23.9 Å². The van der Waals surface area contributed by atoms with Crippen molar-refractivity contribution in [3.8, 4) is 0 Å². The summed E-state index contributed by atoms with van der Waals surface area (Å²) in [5.74, 6) is 0.744. The predicted octanol–water partition coefficient (Wildman–Crippen LogP) is 1.68. The number of likely N-dealkylation sites (N-methyl/N-ethyl adjacent to an activating group) is 1. The van der Waals surface area contributed by atoms with Crippen LogP contribution in [0.1, 0.15) is 12.5 Å². The van der Waals surface area contributed by atoms with Gasteiger partial charge in [-0.15, -0.1) is 0 Å². The zero-order chi connectivity index (χ0) is 18.2. The zero-order valence-electron chi connectivity index (χ0n) is 14.5. The molecule has 0 bridgehead atoms. The maximum Gasteiger partial charge on any atom is 0.230 e. The number of aryl methyl sites for hydroxylation is 1. The summed E-state index contributed by atoms with van der Waals surface area (Å²) in [7, 11) is 0. The molecule has 0 saturated heterocycles. The smallest absolute Gasteiger partial charge is 0.230 e. The normalized spacial score (nSPS) is 10.5. The molecule has 0 atom stereocenters. The number of nitrogens with one attached hydrogen (secondary N) is 1. The molecular formula is C17H24N6OS. The van der Waals surface area contributed by atoms with Crippen LogP contribution in [0.25, 0.3) is 0 Å². The average molecular weight is 360 g/mol. The van der Waals surface area contributed by atoms with E-state index < -0.39 is 0 Å². The molecule has 5 N–H and O–H groups in total. The molecule has 0 fully saturated rings. The topological polar surface area (TPSA) is 110 Å². The van der Waals surface area contributed by atoms with Gasteiger partial charge >= 0.3 is 0 Å². The first kappa shape index (κ1) is 18.9. The van der Waals surface area contributed by atoms with E-state index in [1.165, 1.54) is 23.4 Å². The van der Waals surface area contributed by atoms with Gasteiger partial charge in [-0.05, 0) is 31.5 Å². The lowest BCUT2D eigenvalue weighted by Crippen LogP contribution is -2.35. The lowest BCUT2D eigenvalue weighted by atomic mass is 10.2. The second kappa shape index (κ2) is 9.12. The number of benzene rings is 1. The molecule has 0 aliphatic heterocycles. The van der Waals surface area contributed by atoms with Crippen LogP contribution in [0, 0.1) is 6.92 Å². The Morgan fingerprint density at radius 2 is 1.96 bits per heavy atom. The van der Waals surface area contributed by atoms with Crippen LogP contribution >= 0.6 is 11.8 Å². The van der Waals surface area contributed by atoms with Gasteiger partial charge < -0.3 is 21.7 Å². The van der Waals surface area contributed by atoms with E-state index >= 15 is 0 Å². The Balaban J connectivity index is 1.77. The number of rotatable bonds is 8. The Labute approximate surface area is 152 Å². The zero-order valence-corrected chi connectivity index (χ0v) is 15.3. The predicted molar refractivity (Wildman–Crippen MR) is 104 cm³/mol. The first-order chi connectivity index (χ1) is 12.0. The molecule has 134 valence electrons. The van der Waals surface area contributed by atoms with Crippen LogP contribution in [0.3, 0.4) is 0 Å². The van der Waals surface area contributed by atoms with E-state index in [1.54, 1.807) is 0 Å². The van der Waals surface area contributed by atoms with Crippen molar-refractivity contribution >= 4 is 35.0 Å². The molecule has 0 radical (unpaired) electrons. The molecule has 2 aromatic rings. The Kier molecular flexibility index (Phi) is 6.88. The lowest BCUT2D eigenvalue weighted by Gasteiger charge is -2.23. The van der Waals surface area contributed by atoms with Gasteiger partial charge in [0.15, 0.2) is 5.16 Å². The number of hydrogen-bond acceptors (Lipinski definition) is 7. The number of amides is 1. The second-order valence-electron chi connectivity index (χ2n) is 5.56. The third-order valence-corrected chi connectivity index (χ3v) is 4.38. The summed E-state index contributed by atoms with van der Waals surface area (Å²) in [5.41, 5.74) is 13.6. The van der Waals surface area contributed by atoms with E-state index in [0.717, 1.165) is 18.8 Å². The summed E-state index contributed by atoms with van der Waals surface area (Å²) < 4.78 is 0. The summed E-state index contributed by atoms with van der Waals surface area (Å²) in [4.78, 5) is 22.3. The number of nitrogens with two attached hydrogens (primary N) is 2. The molecule has 1 aromatic carbocycles. The molecule has 8 heteroatoms. The highest BCUT2D eigenvalue weighted by Crippen LogP contribution is 2.16. The molecule has 1 amide bonds. The van der Waals surface area contributed by atoms with Crippen LogP contribution < -0.4 is 21.7 Å². The van der Waals surface area contributed by atoms with Gasteiger partial charge in [-0.2, -0.15) is 0 Å². The molecule has 1 heterocycles. The largest absolute Gasteiger partial charge is 0.383 e. The van der Waals surface area contributed by atoms with Crippen LogP contribution in [0.5, 0.6) is 0 Å². The summed E-state index contributed by atoms with van der Waals surface area (Å²) in [6, 6.07) is 9.81. The van der Waals surface area contributed by atoms with Gasteiger partial charge in [0.2, 0.25) is 5.91 Å². The average Bonchev–Trinajstić information content (AvgIpc) is 2.56. The highest BCUT2D eigenvalue weighted by atomic mass is 32.2. The maximum absolute atomic E-state index is 12.0. The van der Waals surface area contributed by atoms with Crippen molar-refractivity contribution in [2.75, 3.05) is 41.8 Å². The minimum absolute atomic E-state index is 0.0742. The molecule has 0 spiro atoms. The van der Waals surface area contributed by atoms with Gasteiger partial charge in [0.25, 0.3) is 0 Å². The van der Waals surface area contributed by atoms with Gasteiger partial charge in [0.05, 0.1) is 5.75 Å². The molecule has 0 aliphatic rings. The summed E-state index contributed by atoms with van der Waals surface area (Å²) in [6.07, 6.45) is 0. The van der Waals surface area contributed by atoms with Crippen molar-refractivity contribution in [1.29, 1.82) is 0 Å². The highest BCUT2D eigenvalue weighted by Gasteiger charge is 2.08. The highest BCUT2D eigenvalue weighted by molar-refractivity contribution is 7.99. The minimum atomic E-state index is -0.0742. The van der Waals surface area contributed by atoms with E-state index in [4.69, 9.17) is 11.5 Å². The fourth-order valence-electron chi connectivity index (χ4n) is 2.33. The fourth-order valence-corrected chi connectivity index (χ4v) is 3.03. The van der Waals surface area contributed by atoms with Crippen LogP contribution in [0.15, 0.2) is 35.5 Å². The SMILES string of the molecule is CCN(CCNC(=O)CSc1nc(N)cc(N)n1)c1cccc(C)c1. The van der Waals surface area contributed by atoms with Crippen molar-refractivity contribution in [1.82, 2.24) is 15.3 Å². The molecule has 7 nitrogen and oxygen atoms in total. The number of anilines is 3. The van der Waals surface area contributed by atoms with E-state index in [-0.39, 0.29) is 11.7 Å². The number of carbonyl (C=O) groups excluding carboxylic acids is 1. The van der Waals surface area contributed by atoms with Crippen LogP contribution in [0.2, 0.25) is 0 Å². The van der Waals surface area contributed by atoms with Crippen molar-refractivity contribution in [3.63, 3.8) is 0 Å². The first-order valence-corrected chi connectivity index (χ1v) is 9.07. The Morgan fingerprint density at radius 3 is 2.60 bits per heavy atom. The van der Waals surface area contributed by atoms with Crippen LogP contribution in [-0.2, 0) is 4.79 Å². The van der Waals surface area contributed by atoms with Crippen molar-refractivity contribution < 1.29 is 4.79 Å². The van der Waals surface area contributed by atoms with Crippen LogP contribution in [0.4, 0.5) is 17.3 Å². The summed E-state index contributed by atoms with van der Waals surface area (Å²) in [6.45, 7) is 6.37. The van der Waals surface area contributed by atoms with Crippen LogP contribution in [-0.4, -0.2) is 41.3 Å². The first-order valence-electron chi connectivity index (χ1n) is 8.09. The molecule has 0 unspecified atom stereocenters. The third-order valence-electron chi connectivity index (χ3n) is 3.53. The monoisotopic (exact) mass is 360 g/mol. The maximum atomic E-state index is 12.0. The number of thioether (sulfide) groups is 1. The molecule has 1 aromatic heterocycles. The lowest BCUT2D eigenvalue weighted by molar-refractivity contribution is -0.118. The van der Waals surface area contributed by atoms with Crippen molar-refractivity contribution in [2.24, 2.45) is 0 Å².